The van der Waals surface area contributed by atoms with Crippen LogP contribution < -0.4 is 18.9 Å². The number of ether oxygens (including phenoxy) is 5. The van der Waals surface area contributed by atoms with Crippen LogP contribution in [0, 0.1) is 11.8 Å². The van der Waals surface area contributed by atoms with Crippen LogP contribution in [0.5, 0.6) is 23.0 Å². The zero-order valence-electron chi connectivity index (χ0n) is 17.1. The predicted molar refractivity (Wildman–Crippen MR) is 104 cm³/mol. The van der Waals surface area contributed by atoms with E-state index in [0.29, 0.717) is 28.6 Å². The van der Waals surface area contributed by atoms with Gasteiger partial charge in [0.1, 0.15) is 18.1 Å². The van der Waals surface area contributed by atoms with Crippen LogP contribution in [0.3, 0.4) is 0 Å². The van der Waals surface area contributed by atoms with Gasteiger partial charge in [-0.25, -0.2) is 0 Å². The van der Waals surface area contributed by atoms with E-state index in [4.69, 9.17) is 23.7 Å². The molecule has 4 rings (SSSR count). The maximum Gasteiger partial charge on any atom is 0.313 e. The summed E-state index contributed by atoms with van der Waals surface area (Å²) in [7, 11) is 5.90. The smallest absolute Gasteiger partial charge is 0.313 e. The van der Waals surface area contributed by atoms with Crippen molar-refractivity contribution in [2.24, 2.45) is 11.8 Å². The van der Waals surface area contributed by atoms with Crippen LogP contribution in [0.4, 0.5) is 0 Å². The number of ketones is 1. The standard InChI is InChI=1S/C22H22O8/c1-26-15-6-5-11(7-16(15)27-2)22(25)14-9-18(29-4)17(28-3)8-12(14)20(23)13-10-30-21(24)19(13)22/h5-9,13,19,25H,10H2,1-4H3/t13-,19-,22+/m1/s1. The molecule has 2 aromatic carbocycles. The first-order chi connectivity index (χ1) is 14.4. The normalized spacial score (nSPS) is 24.6. The number of fused-ring (bicyclic) bond motifs is 2. The van der Waals surface area contributed by atoms with Crippen molar-refractivity contribution >= 4 is 11.8 Å². The summed E-state index contributed by atoms with van der Waals surface area (Å²) < 4.78 is 26.6. The Morgan fingerprint density at radius 1 is 0.900 bits per heavy atom. The second-order valence-corrected chi connectivity index (χ2v) is 7.17. The second-order valence-electron chi connectivity index (χ2n) is 7.17. The van der Waals surface area contributed by atoms with E-state index in [9.17, 15) is 14.7 Å². The molecule has 0 unspecified atom stereocenters. The van der Waals surface area contributed by atoms with Gasteiger partial charge in [0, 0.05) is 11.1 Å². The zero-order valence-corrected chi connectivity index (χ0v) is 17.1. The Morgan fingerprint density at radius 2 is 1.50 bits per heavy atom. The fraction of sp³-hybridized carbons (Fsp3) is 0.364. The number of methoxy groups -OCH3 is 4. The topological polar surface area (TPSA) is 101 Å². The third-order valence-electron chi connectivity index (χ3n) is 5.87. The van der Waals surface area contributed by atoms with Crippen molar-refractivity contribution < 1.29 is 38.4 Å². The van der Waals surface area contributed by atoms with Crippen molar-refractivity contribution in [1.29, 1.82) is 0 Å². The molecule has 0 saturated carbocycles. The Labute approximate surface area is 173 Å². The van der Waals surface area contributed by atoms with Crippen LogP contribution in [0.1, 0.15) is 21.5 Å². The van der Waals surface area contributed by atoms with Crippen molar-refractivity contribution in [3.8, 4) is 23.0 Å². The van der Waals surface area contributed by atoms with Crippen LogP contribution in [0.2, 0.25) is 0 Å². The molecule has 30 heavy (non-hydrogen) atoms. The lowest BCUT2D eigenvalue weighted by atomic mass is 9.63. The first kappa shape index (κ1) is 20.0. The van der Waals surface area contributed by atoms with E-state index in [-0.39, 0.29) is 23.5 Å². The number of carbonyl (C=O) groups is 2. The number of Topliss-reactive ketones (excluding diaryl/α,β-unsaturated/α-hetero) is 1. The number of hydrogen-bond acceptors (Lipinski definition) is 8. The number of esters is 1. The monoisotopic (exact) mass is 414 g/mol. The van der Waals surface area contributed by atoms with Crippen LogP contribution in [0.15, 0.2) is 30.3 Å². The lowest BCUT2D eigenvalue weighted by Gasteiger charge is -2.40. The Hall–Kier alpha value is -3.26. The highest BCUT2D eigenvalue weighted by Gasteiger charge is 2.60. The number of aliphatic hydroxyl groups is 1. The summed E-state index contributed by atoms with van der Waals surface area (Å²) in [5, 5.41) is 12.1. The summed E-state index contributed by atoms with van der Waals surface area (Å²) in [5.41, 5.74) is -0.974. The van der Waals surface area contributed by atoms with E-state index in [1.165, 1.54) is 40.6 Å². The molecule has 0 spiro atoms. The molecule has 0 radical (unpaired) electrons. The maximum atomic E-state index is 13.2. The predicted octanol–water partition coefficient (Wildman–Crippen LogP) is 1.94. The number of hydrogen-bond donors (Lipinski definition) is 1. The summed E-state index contributed by atoms with van der Waals surface area (Å²) in [6.07, 6.45) is 0. The van der Waals surface area contributed by atoms with Crippen LogP contribution >= 0.6 is 0 Å². The Kier molecular flexibility index (Phi) is 4.82. The van der Waals surface area contributed by atoms with Crippen LogP contribution in [-0.4, -0.2) is 51.9 Å². The van der Waals surface area contributed by atoms with Gasteiger partial charge in [-0.05, 0) is 29.8 Å². The van der Waals surface area contributed by atoms with Crippen molar-refractivity contribution in [3.63, 3.8) is 0 Å². The highest BCUT2D eigenvalue weighted by atomic mass is 16.5. The van der Waals surface area contributed by atoms with Crippen molar-refractivity contribution in [2.75, 3.05) is 35.0 Å². The Balaban J connectivity index is 2.03. The molecule has 8 nitrogen and oxygen atoms in total. The largest absolute Gasteiger partial charge is 0.493 e. The molecule has 1 heterocycles. The van der Waals surface area contributed by atoms with Crippen LogP contribution in [-0.2, 0) is 15.1 Å². The lowest BCUT2D eigenvalue weighted by Crippen LogP contribution is -2.49. The summed E-state index contributed by atoms with van der Waals surface area (Å²) >= 11 is 0. The summed E-state index contributed by atoms with van der Waals surface area (Å²) in [6.45, 7) is -0.0915. The Bertz CT molecular complexity index is 1030. The van der Waals surface area contributed by atoms with E-state index in [0.717, 1.165) is 0 Å². The van der Waals surface area contributed by atoms with Crippen molar-refractivity contribution in [3.05, 3.63) is 47.0 Å². The first-order valence-corrected chi connectivity index (χ1v) is 9.32. The van der Waals surface area contributed by atoms with Gasteiger partial charge >= 0.3 is 5.97 Å². The molecule has 3 atom stereocenters. The molecule has 158 valence electrons. The molecule has 0 amide bonds. The first-order valence-electron chi connectivity index (χ1n) is 9.32. The summed E-state index contributed by atoms with van der Waals surface area (Å²) in [5.74, 6) is -1.32. The molecule has 8 heteroatoms. The van der Waals surface area contributed by atoms with Gasteiger partial charge in [-0.1, -0.05) is 6.07 Å². The molecule has 0 bridgehead atoms. The highest BCUT2D eigenvalue weighted by Crippen LogP contribution is 2.52. The molecule has 0 aromatic heterocycles. The number of rotatable bonds is 5. The summed E-state index contributed by atoms with van der Waals surface area (Å²) in [6, 6.07) is 7.93. The van der Waals surface area contributed by atoms with Crippen molar-refractivity contribution in [2.45, 2.75) is 5.60 Å². The SMILES string of the molecule is COc1ccc([C@]2(O)c3cc(OC)c(OC)cc3C(=O)[C@@H]3COC(=O)[C@@H]32)cc1OC. The van der Waals surface area contributed by atoms with E-state index in [1.54, 1.807) is 18.2 Å². The number of benzene rings is 2. The second kappa shape index (κ2) is 7.21. The van der Waals surface area contributed by atoms with Crippen LogP contribution in [0.25, 0.3) is 0 Å². The van der Waals surface area contributed by atoms with Gasteiger partial charge in [-0.15, -0.1) is 0 Å². The molecular weight excluding hydrogens is 392 g/mol. The van der Waals surface area contributed by atoms with Gasteiger partial charge in [-0.3, -0.25) is 9.59 Å². The van der Waals surface area contributed by atoms with E-state index in [1.807, 2.05) is 0 Å². The Morgan fingerprint density at radius 3 is 2.13 bits per heavy atom. The molecular formula is C22H22O8. The van der Waals surface area contributed by atoms with Gasteiger partial charge in [0.05, 0.1) is 34.4 Å². The average molecular weight is 414 g/mol. The number of cyclic esters (lactones) is 1. The molecule has 1 saturated heterocycles. The average Bonchev–Trinajstić information content (AvgIpc) is 3.18. The van der Waals surface area contributed by atoms with Gasteiger partial charge in [0.15, 0.2) is 28.8 Å². The van der Waals surface area contributed by atoms with E-state index < -0.39 is 23.4 Å². The van der Waals surface area contributed by atoms with Gasteiger partial charge in [0.25, 0.3) is 0 Å². The van der Waals surface area contributed by atoms with Crippen molar-refractivity contribution in [1.82, 2.24) is 0 Å². The molecule has 1 aliphatic carbocycles. The quantitative estimate of drug-likeness (QED) is 0.741. The lowest BCUT2D eigenvalue weighted by molar-refractivity contribution is -0.147. The third kappa shape index (κ3) is 2.64. The summed E-state index contributed by atoms with van der Waals surface area (Å²) in [4.78, 5) is 25.8. The minimum atomic E-state index is -1.85. The highest BCUT2D eigenvalue weighted by molar-refractivity contribution is 6.06. The van der Waals surface area contributed by atoms with Gasteiger partial charge < -0.3 is 28.8 Å². The number of carbonyl (C=O) groups excluding carboxylic acids is 2. The zero-order chi connectivity index (χ0) is 21.6. The van der Waals surface area contributed by atoms with Gasteiger partial charge in [0.2, 0.25) is 0 Å². The fourth-order valence-electron chi connectivity index (χ4n) is 4.38. The third-order valence-corrected chi connectivity index (χ3v) is 5.87. The molecule has 2 aromatic rings. The fourth-order valence-corrected chi connectivity index (χ4v) is 4.38. The molecule has 1 aliphatic heterocycles. The minimum Gasteiger partial charge on any atom is -0.493 e. The minimum absolute atomic E-state index is 0.0915. The van der Waals surface area contributed by atoms with E-state index in [2.05, 4.69) is 0 Å². The van der Waals surface area contributed by atoms with E-state index >= 15 is 0 Å². The molecule has 1 N–H and O–H groups in total. The molecule has 1 fully saturated rings. The van der Waals surface area contributed by atoms with Gasteiger partial charge in [-0.2, -0.15) is 0 Å². The molecule has 2 aliphatic rings. The maximum absolute atomic E-state index is 13.2.